The fraction of sp³-hybridized carbons (Fsp3) is 0.667. The molecule has 1 N–H and O–H groups in total. The Hall–Kier alpha value is -2.57. The summed E-state index contributed by atoms with van der Waals surface area (Å²) in [5.41, 5.74) is 0.991. The van der Waals surface area contributed by atoms with Crippen LogP contribution in [0.4, 0.5) is 10.5 Å². The molecule has 3 aliphatic heterocycles. The highest BCUT2D eigenvalue weighted by Gasteiger charge is 2.76. The average Bonchev–Trinajstić information content (AvgIpc) is 3.33. The molecule has 1 aliphatic carbocycles. The van der Waals surface area contributed by atoms with Crippen LogP contribution >= 0.6 is 0 Å². The van der Waals surface area contributed by atoms with Gasteiger partial charge in [0.25, 0.3) is 5.91 Å². The van der Waals surface area contributed by atoms with Crippen molar-refractivity contribution in [1.29, 1.82) is 0 Å². The molecule has 1 aromatic rings. The van der Waals surface area contributed by atoms with Crippen molar-refractivity contribution in [3.63, 3.8) is 0 Å². The van der Waals surface area contributed by atoms with Crippen LogP contribution in [0.5, 0.6) is 0 Å². The number of nitrogens with one attached hydrogen (secondary N) is 1. The molecule has 3 amide bonds. The number of urea groups is 1. The number of likely N-dealkylation sites (tertiary alicyclic amines) is 2. The number of piperidine rings is 1. The van der Waals surface area contributed by atoms with Crippen molar-refractivity contribution in [1.82, 2.24) is 9.80 Å². The van der Waals surface area contributed by atoms with Gasteiger partial charge in [-0.3, -0.25) is 9.59 Å². The third-order valence-corrected chi connectivity index (χ3v) is 9.89. The highest BCUT2D eigenvalue weighted by molar-refractivity contribution is 5.96. The smallest absolute Gasteiger partial charge is 0.321 e. The molecule has 3 saturated heterocycles. The summed E-state index contributed by atoms with van der Waals surface area (Å²) in [6, 6.07) is 5.98. The first-order valence-corrected chi connectivity index (χ1v) is 12.6. The zero-order chi connectivity index (χ0) is 24.5. The van der Waals surface area contributed by atoms with Crippen LogP contribution in [-0.4, -0.2) is 59.5 Å². The summed E-state index contributed by atoms with van der Waals surface area (Å²) < 4.78 is 5.85. The number of amides is 3. The van der Waals surface area contributed by atoms with Gasteiger partial charge in [-0.15, -0.1) is 0 Å². The summed E-state index contributed by atoms with van der Waals surface area (Å²) in [7, 11) is 0. The molecule has 2 atom stereocenters. The van der Waals surface area contributed by atoms with Crippen molar-refractivity contribution in [3.8, 4) is 0 Å². The van der Waals surface area contributed by atoms with Gasteiger partial charge in [-0.25, -0.2) is 4.79 Å². The SMILES string of the molecule is Cc1ccc(NC(=O)N2CCC3(CC2)CCN(C(=O)C24CCC(C)(C(=O)O2)C4(C)C)C3)c(C)c1. The lowest BCUT2D eigenvalue weighted by atomic mass is 9.66. The topological polar surface area (TPSA) is 79.0 Å². The second kappa shape index (κ2) is 7.46. The molecule has 184 valence electrons. The molecule has 2 unspecified atom stereocenters. The quantitative estimate of drug-likeness (QED) is 0.659. The molecule has 3 heterocycles. The van der Waals surface area contributed by atoms with E-state index in [4.69, 9.17) is 4.74 Å². The Balaban J connectivity index is 1.22. The zero-order valence-electron chi connectivity index (χ0n) is 21.1. The molecule has 1 spiro atoms. The predicted molar refractivity (Wildman–Crippen MR) is 129 cm³/mol. The number of hydrogen-bond acceptors (Lipinski definition) is 4. The van der Waals surface area contributed by atoms with Crippen molar-refractivity contribution >= 4 is 23.6 Å². The molecular formula is C27H37N3O4. The van der Waals surface area contributed by atoms with Crippen LogP contribution in [-0.2, 0) is 14.3 Å². The molecule has 5 rings (SSSR count). The average molecular weight is 468 g/mol. The molecule has 4 fully saturated rings. The lowest BCUT2D eigenvalue weighted by Gasteiger charge is -2.41. The van der Waals surface area contributed by atoms with E-state index in [0.29, 0.717) is 39.0 Å². The third-order valence-electron chi connectivity index (χ3n) is 9.89. The maximum atomic E-state index is 13.8. The number of anilines is 1. The number of rotatable bonds is 2. The summed E-state index contributed by atoms with van der Waals surface area (Å²) in [5, 5.41) is 3.06. The minimum Gasteiger partial charge on any atom is -0.448 e. The maximum Gasteiger partial charge on any atom is 0.321 e. The predicted octanol–water partition coefficient (Wildman–Crippen LogP) is 4.27. The fourth-order valence-electron chi connectivity index (χ4n) is 6.83. The third kappa shape index (κ3) is 3.11. The van der Waals surface area contributed by atoms with Crippen molar-refractivity contribution < 1.29 is 19.1 Å². The summed E-state index contributed by atoms with van der Waals surface area (Å²) >= 11 is 0. The maximum absolute atomic E-state index is 13.8. The van der Waals surface area contributed by atoms with Crippen LogP contribution in [0.25, 0.3) is 0 Å². The van der Waals surface area contributed by atoms with Crippen molar-refractivity contribution in [3.05, 3.63) is 29.3 Å². The molecular weight excluding hydrogens is 430 g/mol. The largest absolute Gasteiger partial charge is 0.448 e. The molecule has 1 saturated carbocycles. The molecule has 7 nitrogen and oxygen atoms in total. The lowest BCUT2D eigenvalue weighted by molar-refractivity contribution is -0.173. The number of aryl methyl sites for hydroxylation is 2. The van der Waals surface area contributed by atoms with Gasteiger partial charge >= 0.3 is 12.0 Å². The number of carbonyl (C=O) groups is 3. The van der Waals surface area contributed by atoms with E-state index >= 15 is 0 Å². The number of esters is 1. The van der Waals surface area contributed by atoms with Gasteiger partial charge < -0.3 is 19.9 Å². The Morgan fingerprint density at radius 2 is 1.59 bits per heavy atom. The first-order valence-electron chi connectivity index (χ1n) is 12.6. The van der Waals surface area contributed by atoms with Crippen molar-refractivity contribution in [2.45, 2.75) is 72.3 Å². The minimum atomic E-state index is -1.03. The molecule has 34 heavy (non-hydrogen) atoms. The van der Waals surface area contributed by atoms with E-state index in [2.05, 4.69) is 11.4 Å². The molecule has 7 heteroatoms. The summed E-state index contributed by atoms with van der Waals surface area (Å²) in [4.78, 5) is 43.1. The van der Waals surface area contributed by atoms with Gasteiger partial charge in [-0.05, 0) is 69.9 Å². The van der Waals surface area contributed by atoms with Crippen LogP contribution in [0.3, 0.4) is 0 Å². The number of hydrogen-bond donors (Lipinski definition) is 1. The number of benzene rings is 1. The Labute approximate surface area is 202 Å². The highest BCUT2D eigenvalue weighted by Crippen LogP contribution is 2.66. The second-order valence-electron chi connectivity index (χ2n) is 11.9. The van der Waals surface area contributed by atoms with E-state index in [9.17, 15) is 14.4 Å². The van der Waals surface area contributed by atoms with E-state index in [-0.39, 0.29) is 23.3 Å². The number of fused-ring (bicyclic) bond motifs is 2. The number of ether oxygens (including phenoxy) is 1. The highest BCUT2D eigenvalue weighted by atomic mass is 16.6. The van der Waals surface area contributed by atoms with Crippen LogP contribution in [0.1, 0.15) is 64.0 Å². The summed E-state index contributed by atoms with van der Waals surface area (Å²) in [6.07, 6.45) is 4.01. The zero-order valence-corrected chi connectivity index (χ0v) is 21.1. The van der Waals surface area contributed by atoms with Crippen LogP contribution in [0.15, 0.2) is 18.2 Å². The standard InChI is InChI=1S/C27H37N3O4/c1-18-6-7-20(19(2)16-18)28-23(33)29-13-10-26(11-14-29)12-15-30(17-26)21(31)27-9-8-25(5,22(32)34-27)24(27,3)4/h6-7,16H,8-15,17H2,1-5H3,(H,28,33). The van der Waals surface area contributed by atoms with E-state index in [1.807, 2.05) is 56.6 Å². The van der Waals surface area contributed by atoms with Gasteiger partial charge in [0.2, 0.25) is 0 Å². The van der Waals surface area contributed by atoms with Gasteiger partial charge in [0.1, 0.15) is 0 Å². The Kier molecular flexibility index (Phi) is 5.09. The molecule has 0 radical (unpaired) electrons. The second-order valence-corrected chi connectivity index (χ2v) is 11.9. The van der Waals surface area contributed by atoms with Gasteiger partial charge in [-0.2, -0.15) is 0 Å². The van der Waals surface area contributed by atoms with E-state index in [0.717, 1.165) is 30.5 Å². The van der Waals surface area contributed by atoms with Gasteiger partial charge in [0.15, 0.2) is 5.60 Å². The fourth-order valence-corrected chi connectivity index (χ4v) is 6.83. The van der Waals surface area contributed by atoms with E-state index < -0.39 is 16.4 Å². The van der Waals surface area contributed by atoms with Gasteiger partial charge in [0, 0.05) is 37.3 Å². The molecule has 2 bridgehead atoms. The van der Waals surface area contributed by atoms with Crippen molar-refractivity contribution in [2.75, 3.05) is 31.5 Å². The van der Waals surface area contributed by atoms with Crippen LogP contribution in [0.2, 0.25) is 0 Å². The minimum absolute atomic E-state index is 0.0148. The molecule has 0 aromatic heterocycles. The first-order chi connectivity index (χ1) is 15.9. The van der Waals surface area contributed by atoms with Gasteiger partial charge in [-0.1, -0.05) is 31.5 Å². The lowest BCUT2D eigenvalue weighted by Crippen LogP contribution is -2.55. The number of carbonyl (C=O) groups excluding carboxylic acids is 3. The Morgan fingerprint density at radius 1 is 0.941 bits per heavy atom. The van der Waals surface area contributed by atoms with Crippen LogP contribution in [0, 0.1) is 30.1 Å². The van der Waals surface area contributed by atoms with E-state index in [1.165, 1.54) is 5.56 Å². The normalized spacial score (nSPS) is 31.1. The monoisotopic (exact) mass is 467 g/mol. The Morgan fingerprint density at radius 3 is 2.15 bits per heavy atom. The van der Waals surface area contributed by atoms with Gasteiger partial charge in [0.05, 0.1) is 5.41 Å². The molecule has 4 aliphatic rings. The van der Waals surface area contributed by atoms with Crippen molar-refractivity contribution in [2.24, 2.45) is 16.2 Å². The molecule has 1 aromatic carbocycles. The summed E-state index contributed by atoms with van der Waals surface area (Å²) in [6.45, 7) is 12.8. The summed E-state index contributed by atoms with van der Waals surface area (Å²) in [5.74, 6) is -0.242. The van der Waals surface area contributed by atoms with E-state index in [1.54, 1.807) is 0 Å². The first kappa shape index (κ1) is 23.2. The number of nitrogens with zero attached hydrogens (tertiary/aromatic N) is 2. The Bertz CT molecular complexity index is 1060. The van der Waals surface area contributed by atoms with Crippen LogP contribution < -0.4 is 5.32 Å².